The van der Waals surface area contributed by atoms with Crippen LogP contribution in [0.25, 0.3) is 11.4 Å². The number of hydrogen-bond donors (Lipinski definition) is 1. The molecule has 1 aromatic carbocycles. The van der Waals surface area contributed by atoms with E-state index in [1.54, 1.807) is 6.20 Å². The van der Waals surface area contributed by atoms with Gasteiger partial charge in [0.25, 0.3) is 0 Å². The third-order valence-corrected chi connectivity index (χ3v) is 4.92. The summed E-state index contributed by atoms with van der Waals surface area (Å²) < 4.78 is 5.62. The first-order chi connectivity index (χ1) is 13.6. The Morgan fingerprint density at radius 2 is 1.93 bits per heavy atom. The third kappa shape index (κ3) is 3.74. The van der Waals surface area contributed by atoms with Gasteiger partial charge in [0, 0.05) is 43.0 Å². The van der Waals surface area contributed by atoms with Gasteiger partial charge >= 0.3 is 6.03 Å². The van der Waals surface area contributed by atoms with E-state index in [1.165, 1.54) is 0 Å². The van der Waals surface area contributed by atoms with Gasteiger partial charge in [0.05, 0.1) is 5.92 Å². The van der Waals surface area contributed by atoms with Gasteiger partial charge in [0.2, 0.25) is 11.7 Å². The number of pyridine rings is 1. The van der Waals surface area contributed by atoms with Crippen LogP contribution in [0.3, 0.4) is 0 Å². The first kappa shape index (κ1) is 18.2. The number of rotatable bonds is 4. The van der Waals surface area contributed by atoms with Crippen molar-refractivity contribution >= 4 is 6.03 Å². The lowest BCUT2D eigenvalue weighted by Gasteiger charge is -2.19. The van der Waals surface area contributed by atoms with Crippen LogP contribution < -0.4 is 5.32 Å². The summed E-state index contributed by atoms with van der Waals surface area (Å²) in [5.41, 5.74) is 1.97. The molecule has 2 atom stereocenters. The largest absolute Gasteiger partial charge is 0.339 e. The van der Waals surface area contributed by atoms with Crippen LogP contribution in [-0.2, 0) is 0 Å². The smallest absolute Gasteiger partial charge is 0.317 e. The van der Waals surface area contributed by atoms with E-state index in [0.29, 0.717) is 24.8 Å². The Morgan fingerprint density at radius 3 is 2.64 bits per heavy atom. The SMILES string of the molecule is CC(C)NC(=O)N1C[C@@H](c2cccnc2)[C@H](c2nc(-c3ccccc3)no2)C1. The number of hydrogen-bond acceptors (Lipinski definition) is 5. The molecule has 0 saturated carbocycles. The first-order valence-corrected chi connectivity index (χ1v) is 9.46. The van der Waals surface area contributed by atoms with E-state index >= 15 is 0 Å². The lowest BCUT2D eigenvalue weighted by Crippen LogP contribution is -2.41. The van der Waals surface area contributed by atoms with Crippen molar-refractivity contribution in [1.29, 1.82) is 0 Å². The van der Waals surface area contributed by atoms with E-state index in [9.17, 15) is 4.79 Å². The minimum absolute atomic E-state index is 0.0516. The number of carbonyl (C=O) groups is 1. The minimum atomic E-state index is -0.0768. The molecule has 2 aromatic heterocycles. The van der Waals surface area contributed by atoms with Gasteiger partial charge in [-0.25, -0.2) is 4.79 Å². The average Bonchev–Trinajstić information content (AvgIpc) is 3.36. The highest BCUT2D eigenvalue weighted by Gasteiger charge is 2.40. The van der Waals surface area contributed by atoms with E-state index in [2.05, 4.69) is 20.4 Å². The molecule has 0 aliphatic carbocycles. The Kier molecular flexibility index (Phi) is 5.06. The van der Waals surface area contributed by atoms with Crippen LogP contribution in [-0.4, -0.2) is 45.2 Å². The predicted molar refractivity (Wildman–Crippen MR) is 105 cm³/mol. The maximum Gasteiger partial charge on any atom is 0.317 e. The summed E-state index contributed by atoms with van der Waals surface area (Å²) in [6.45, 7) is 5.01. The molecule has 0 unspecified atom stereocenters. The van der Waals surface area contributed by atoms with Crippen molar-refractivity contribution in [3.05, 3.63) is 66.3 Å². The number of nitrogens with zero attached hydrogens (tertiary/aromatic N) is 4. The molecule has 1 fully saturated rings. The highest BCUT2D eigenvalue weighted by atomic mass is 16.5. The Labute approximate surface area is 163 Å². The van der Waals surface area contributed by atoms with E-state index in [-0.39, 0.29) is 23.9 Å². The number of benzene rings is 1. The molecule has 3 heterocycles. The maximum absolute atomic E-state index is 12.6. The summed E-state index contributed by atoms with van der Waals surface area (Å²) in [6.07, 6.45) is 3.59. The van der Waals surface area contributed by atoms with Crippen LogP contribution in [0.2, 0.25) is 0 Å². The second-order valence-electron chi connectivity index (χ2n) is 7.33. The summed E-state index contributed by atoms with van der Waals surface area (Å²) in [5, 5.41) is 7.12. The van der Waals surface area contributed by atoms with E-state index in [0.717, 1.165) is 11.1 Å². The minimum Gasteiger partial charge on any atom is -0.339 e. The van der Waals surface area contributed by atoms with Crippen LogP contribution in [0, 0.1) is 0 Å². The van der Waals surface area contributed by atoms with E-state index < -0.39 is 0 Å². The molecule has 0 spiro atoms. The first-order valence-electron chi connectivity index (χ1n) is 9.46. The van der Waals surface area contributed by atoms with Crippen molar-refractivity contribution in [3.63, 3.8) is 0 Å². The fraction of sp³-hybridized carbons (Fsp3) is 0.333. The van der Waals surface area contributed by atoms with Crippen molar-refractivity contribution in [2.75, 3.05) is 13.1 Å². The van der Waals surface area contributed by atoms with Gasteiger partial charge in [-0.2, -0.15) is 4.98 Å². The van der Waals surface area contributed by atoms with E-state index in [4.69, 9.17) is 4.52 Å². The van der Waals surface area contributed by atoms with Gasteiger partial charge in [0.15, 0.2) is 0 Å². The van der Waals surface area contributed by atoms with Crippen molar-refractivity contribution in [2.24, 2.45) is 0 Å². The molecule has 1 saturated heterocycles. The van der Waals surface area contributed by atoms with Crippen LogP contribution in [0.4, 0.5) is 4.79 Å². The molecule has 0 bridgehead atoms. The predicted octanol–water partition coefficient (Wildman–Crippen LogP) is 3.43. The Bertz CT molecular complexity index is 926. The fourth-order valence-corrected chi connectivity index (χ4v) is 3.58. The highest BCUT2D eigenvalue weighted by molar-refractivity contribution is 5.75. The van der Waals surface area contributed by atoms with Crippen LogP contribution in [0.15, 0.2) is 59.4 Å². The standard InChI is InChI=1S/C21H23N5O2/c1-14(2)23-21(27)26-12-17(16-9-6-10-22-11-16)18(13-26)20-24-19(25-28-20)15-7-4-3-5-8-15/h3-11,14,17-18H,12-13H2,1-2H3,(H,23,27)/t17-,18+/m0/s1. The molecular formula is C21H23N5O2. The second-order valence-corrected chi connectivity index (χ2v) is 7.33. The number of likely N-dealkylation sites (tertiary alicyclic amines) is 1. The van der Waals surface area contributed by atoms with Gasteiger partial charge in [-0.15, -0.1) is 0 Å². The summed E-state index contributed by atoms with van der Waals surface area (Å²) in [4.78, 5) is 23.3. The van der Waals surface area contributed by atoms with Crippen LogP contribution in [0.1, 0.15) is 37.1 Å². The summed E-state index contributed by atoms with van der Waals surface area (Å²) in [6, 6.07) is 13.7. The van der Waals surface area contributed by atoms with Crippen LogP contribution in [0.5, 0.6) is 0 Å². The molecule has 3 aromatic rings. The molecule has 2 amide bonds. The second kappa shape index (κ2) is 7.80. The topological polar surface area (TPSA) is 84.2 Å². The number of carbonyl (C=O) groups excluding carboxylic acids is 1. The third-order valence-electron chi connectivity index (χ3n) is 4.92. The van der Waals surface area contributed by atoms with Gasteiger partial charge in [0.1, 0.15) is 0 Å². The summed E-state index contributed by atoms with van der Waals surface area (Å²) in [7, 11) is 0. The van der Waals surface area contributed by atoms with Gasteiger partial charge in [-0.3, -0.25) is 4.98 Å². The summed E-state index contributed by atoms with van der Waals surface area (Å²) >= 11 is 0. The lowest BCUT2D eigenvalue weighted by molar-refractivity contribution is 0.204. The monoisotopic (exact) mass is 377 g/mol. The molecule has 144 valence electrons. The molecule has 7 nitrogen and oxygen atoms in total. The fourth-order valence-electron chi connectivity index (χ4n) is 3.58. The average molecular weight is 377 g/mol. The highest BCUT2D eigenvalue weighted by Crippen LogP contribution is 2.39. The zero-order valence-electron chi connectivity index (χ0n) is 15.9. The molecule has 4 rings (SSSR count). The van der Waals surface area contributed by atoms with E-state index in [1.807, 2.05) is 67.4 Å². The molecule has 28 heavy (non-hydrogen) atoms. The zero-order valence-corrected chi connectivity index (χ0v) is 15.9. The van der Waals surface area contributed by atoms with Crippen LogP contribution >= 0.6 is 0 Å². The number of nitrogens with one attached hydrogen (secondary N) is 1. The maximum atomic E-state index is 12.6. The molecule has 1 aliphatic rings. The molecular weight excluding hydrogens is 354 g/mol. The summed E-state index contributed by atoms with van der Waals surface area (Å²) in [5.74, 6) is 1.08. The van der Waals surface area contributed by atoms with Crippen molar-refractivity contribution in [1.82, 2.24) is 25.3 Å². The molecule has 1 N–H and O–H groups in total. The lowest BCUT2D eigenvalue weighted by atomic mass is 9.90. The number of urea groups is 1. The molecule has 0 radical (unpaired) electrons. The number of aromatic nitrogens is 3. The Hall–Kier alpha value is -3.22. The molecule has 7 heteroatoms. The van der Waals surface area contributed by atoms with Crippen molar-refractivity contribution in [2.45, 2.75) is 31.7 Å². The number of amides is 2. The van der Waals surface area contributed by atoms with Gasteiger partial charge < -0.3 is 14.7 Å². The quantitative estimate of drug-likeness (QED) is 0.753. The molecule has 1 aliphatic heterocycles. The normalized spacial score (nSPS) is 19.2. The van der Waals surface area contributed by atoms with Crippen molar-refractivity contribution in [3.8, 4) is 11.4 Å². The Morgan fingerprint density at radius 1 is 1.14 bits per heavy atom. The van der Waals surface area contributed by atoms with Gasteiger partial charge in [-0.05, 0) is 25.5 Å². The van der Waals surface area contributed by atoms with Gasteiger partial charge in [-0.1, -0.05) is 41.6 Å². The van der Waals surface area contributed by atoms with Crippen molar-refractivity contribution < 1.29 is 9.32 Å². The zero-order chi connectivity index (χ0) is 19.5. The Balaban J connectivity index is 1.63.